The van der Waals surface area contributed by atoms with Gasteiger partial charge in [0.05, 0.1) is 35.1 Å². The topological polar surface area (TPSA) is 96.2 Å². The molecule has 1 aliphatic heterocycles. The Morgan fingerprint density at radius 1 is 1.23 bits per heavy atom. The lowest BCUT2D eigenvalue weighted by atomic mass is 9.75. The molecule has 0 radical (unpaired) electrons. The van der Waals surface area contributed by atoms with Crippen LogP contribution in [0.5, 0.6) is 0 Å². The third kappa shape index (κ3) is 5.00. The Morgan fingerprint density at radius 2 is 1.97 bits per heavy atom. The number of carbonyl (C=O) groups excluding carboxylic acids is 1. The molecule has 3 aromatic rings. The van der Waals surface area contributed by atoms with Crippen LogP contribution < -0.4 is 10.2 Å². The van der Waals surface area contributed by atoms with Crippen molar-refractivity contribution >= 4 is 17.3 Å². The molecule has 1 aliphatic rings. The lowest BCUT2D eigenvalue weighted by molar-refractivity contribution is -0.140. The fourth-order valence-corrected chi connectivity index (χ4v) is 4.09. The molecule has 186 valence electrons. The van der Waals surface area contributed by atoms with Crippen molar-refractivity contribution in [2.75, 3.05) is 23.3 Å². The molecule has 1 atom stereocenters. The number of pyridine rings is 2. The first kappa shape index (κ1) is 24.6. The molecule has 0 bridgehead atoms. The van der Waals surface area contributed by atoms with Gasteiger partial charge >= 0.3 is 6.18 Å². The Hall–Kier alpha value is -3.47. The number of nitrogens with one attached hydrogen (secondary N) is 1. The van der Waals surface area contributed by atoms with Crippen LogP contribution in [0.25, 0.3) is 11.3 Å². The molecule has 4 rings (SSSR count). The van der Waals surface area contributed by atoms with Crippen molar-refractivity contribution in [3.8, 4) is 11.3 Å². The largest absolute Gasteiger partial charge is 0.435 e. The van der Waals surface area contributed by atoms with Crippen molar-refractivity contribution in [2.24, 2.45) is 12.5 Å². The molecule has 1 unspecified atom stereocenters. The van der Waals surface area contributed by atoms with Gasteiger partial charge in [0.2, 0.25) is 0 Å². The summed E-state index contributed by atoms with van der Waals surface area (Å²) in [4.78, 5) is 22.7. The van der Waals surface area contributed by atoms with E-state index < -0.39 is 34.5 Å². The average molecular weight is 489 g/mol. The monoisotopic (exact) mass is 488 g/mol. The molecule has 2 N–H and O–H groups in total. The maximum absolute atomic E-state index is 13.7. The van der Waals surface area contributed by atoms with Gasteiger partial charge in [0.15, 0.2) is 5.69 Å². The van der Waals surface area contributed by atoms with E-state index >= 15 is 0 Å². The molecule has 0 spiro atoms. The number of hydrogen-bond donors (Lipinski definition) is 2. The highest BCUT2D eigenvalue weighted by atomic mass is 19.4. The van der Waals surface area contributed by atoms with Crippen molar-refractivity contribution in [1.29, 1.82) is 0 Å². The molecular formula is C24H27F3N6O2. The Kier molecular flexibility index (Phi) is 6.08. The smallest absolute Gasteiger partial charge is 0.390 e. The minimum absolute atomic E-state index is 0.0411. The SMILES string of the molecule is Cn1cc(-c2cccc(C(=O)Nc3cc(N4CCC(C)(C(C)(C)O)C4)cnc3C(F)(F)F)n2)cn1. The van der Waals surface area contributed by atoms with Crippen LogP contribution in [0.1, 0.15) is 43.4 Å². The van der Waals surface area contributed by atoms with E-state index in [1.165, 1.54) is 12.1 Å². The lowest BCUT2D eigenvalue weighted by Gasteiger charge is -2.37. The Bertz CT molecular complexity index is 1250. The number of nitrogens with zero attached hydrogens (tertiary/aromatic N) is 5. The number of alkyl halides is 3. The molecule has 0 aliphatic carbocycles. The minimum atomic E-state index is -4.77. The number of carbonyl (C=O) groups is 1. The van der Waals surface area contributed by atoms with Gasteiger partial charge in [-0.1, -0.05) is 13.0 Å². The number of hydrogen-bond acceptors (Lipinski definition) is 6. The van der Waals surface area contributed by atoms with E-state index in [2.05, 4.69) is 20.4 Å². The van der Waals surface area contributed by atoms with Crippen LogP contribution in [-0.2, 0) is 13.2 Å². The molecule has 35 heavy (non-hydrogen) atoms. The van der Waals surface area contributed by atoms with Crippen molar-refractivity contribution < 1.29 is 23.1 Å². The number of amides is 1. The van der Waals surface area contributed by atoms with Gasteiger partial charge in [0, 0.05) is 37.3 Å². The average Bonchev–Trinajstić information content (AvgIpc) is 3.39. The summed E-state index contributed by atoms with van der Waals surface area (Å²) < 4.78 is 42.7. The number of rotatable bonds is 5. The first-order valence-electron chi connectivity index (χ1n) is 11.1. The molecule has 4 heterocycles. The van der Waals surface area contributed by atoms with Gasteiger partial charge in [-0.2, -0.15) is 18.3 Å². The van der Waals surface area contributed by atoms with E-state index in [0.717, 1.165) is 6.20 Å². The highest BCUT2D eigenvalue weighted by Gasteiger charge is 2.45. The maximum Gasteiger partial charge on any atom is 0.435 e. The molecule has 1 amide bonds. The van der Waals surface area contributed by atoms with Crippen molar-refractivity contribution in [3.05, 3.63) is 54.2 Å². The van der Waals surface area contributed by atoms with Gasteiger partial charge in [-0.15, -0.1) is 0 Å². The van der Waals surface area contributed by atoms with Crippen molar-refractivity contribution in [1.82, 2.24) is 19.7 Å². The van der Waals surface area contributed by atoms with E-state index in [4.69, 9.17) is 0 Å². The molecular weight excluding hydrogens is 461 g/mol. The van der Waals surface area contributed by atoms with Crippen LogP contribution in [0.15, 0.2) is 42.9 Å². The zero-order valence-electron chi connectivity index (χ0n) is 19.9. The summed E-state index contributed by atoms with van der Waals surface area (Å²) in [5.41, 5.74) is -1.53. The van der Waals surface area contributed by atoms with Crippen LogP contribution in [0.2, 0.25) is 0 Å². The van der Waals surface area contributed by atoms with Gasteiger partial charge in [0.25, 0.3) is 5.91 Å². The number of aliphatic hydroxyl groups is 1. The Labute approximate surface area is 200 Å². The number of aryl methyl sites for hydroxylation is 1. The molecule has 0 aromatic carbocycles. The molecule has 1 saturated heterocycles. The summed E-state index contributed by atoms with van der Waals surface area (Å²) in [6.45, 7) is 6.36. The zero-order chi connectivity index (χ0) is 25.6. The van der Waals surface area contributed by atoms with Crippen LogP contribution in [0.3, 0.4) is 0 Å². The van der Waals surface area contributed by atoms with Crippen molar-refractivity contribution in [3.63, 3.8) is 0 Å². The fourth-order valence-electron chi connectivity index (χ4n) is 4.09. The van der Waals surface area contributed by atoms with Gasteiger partial charge in [-0.05, 0) is 38.5 Å². The van der Waals surface area contributed by atoms with E-state index in [1.54, 1.807) is 50.1 Å². The fraction of sp³-hybridized carbons (Fsp3) is 0.417. The quantitative estimate of drug-likeness (QED) is 0.561. The molecule has 0 saturated carbocycles. The standard InChI is InChI=1S/C24H27F3N6O2/c1-22(2,35)23(3)8-9-33(14-23)16-10-19(20(28-12-16)24(25,26)27)31-21(34)18-7-5-6-17(30-18)15-11-29-32(4)13-15/h5-7,10-13,35H,8-9,14H2,1-4H3,(H,31,34). The summed E-state index contributed by atoms with van der Waals surface area (Å²) in [5.74, 6) is -0.789. The number of anilines is 2. The summed E-state index contributed by atoms with van der Waals surface area (Å²) in [6, 6.07) is 5.99. The third-order valence-electron chi connectivity index (χ3n) is 6.69. The molecule has 1 fully saturated rings. The van der Waals surface area contributed by atoms with E-state index in [1.807, 2.05) is 11.8 Å². The van der Waals surface area contributed by atoms with Crippen LogP contribution in [0.4, 0.5) is 24.5 Å². The second kappa shape index (κ2) is 8.63. The first-order chi connectivity index (χ1) is 16.3. The summed E-state index contributed by atoms with van der Waals surface area (Å²) >= 11 is 0. The molecule has 11 heteroatoms. The summed E-state index contributed by atoms with van der Waals surface area (Å²) in [5, 5.41) is 17.0. The molecule has 8 nitrogen and oxygen atoms in total. The van der Waals surface area contributed by atoms with Gasteiger partial charge < -0.3 is 15.3 Å². The summed E-state index contributed by atoms with van der Waals surface area (Å²) in [6.07, 6.45) is 0.339. The molecule has 3 aromatic heterocycles. The van der Waals surface area contributed by atoms with Crippen LogP contribution in [-0.4, -0.2) is 49.5 Å². The maximum atomic E-state index is 13.7. The van der Waals surface area contributed by atoms with Crippen LogP contribution in [0, 0.1) is 5.41 Å². The highest BCUT2D eigenvalue weighted by Crippen LogP contribution is 2.43. The highest BCUT2D eigenvalue weighted by molar-refractivity contribution is 6.03. The predicted octanol–water partition coefficient (Wildman–Crippen LogP) is 4.14. The van der Waals surface area contributed by atoms with E-state index in [-0.39, 0.29) is 5.69 Å². The lowest BCUT2D eigenvalue weighted by Crippen LogP contribution is -2.43. The number of halogens is 3. The van der Waals surface area contributed by atoms with E-state index in [9.17, 15) is 23.1 Å². The first-order valence-corrected chi connectivity index (χ1v) is 11.1. The summed E-state index contributed by atoms with van der Waals surface area (Å²) in [7, 11) is 1.74. The zero-order valence-corrected chi connectivity index (χ0v) is 19.9. The van der Waals surface area contributed by atoms with Crippen LogP contribution >= 0.6 is 0 Å². The Balaban J connectivity index is 1.63. The second-order valence-corrected chi connectivity index (χ2v) is 9.64. The Morgan fingerprint density at radius 3 is 2.57 bits per heavy atom. The third-order valence-corrected chi connectivity index (χ3v) is 6.69. The predicted molar refractivity (Wildman–Crippen MR) is 125 cm³/mol. The second-order valence-electron chi connectivity index (χ2n) is 9.64. The van der Waals surface area contributed by atoms with Crippen molar-refractivity contribution in [2.45, 2.75) is 39.0 Å². The van der Waals surface area contributed by atoms with Gasteiger partial charge in [-0.25, -0.2) is 9.97 Å². The number of aromatic nitrogens is 4. The van der Waals surface area contributed by atoms with Gasteiger partial charge in [0.1, 0.15) is 5.69 Å². The normalized spacial score (nSPS) is 18.7. The van der Waals surface area contributed by atoms with E-state index in [0.29, 0.717) is 36.5 Å². The minimum Gasteiger partial charge on any atom is -0.390 e. The van der Waals surface area contributed by atoms with Gasteiger partial charge in [-0.3, -0.25) is 9.48 Å².